The zero-order valence-electron chi connectivity index (χ0n) is 16.1. The number of hydrogen-bond acceptors (Lipinski definition) is 3. The van der Waals surface area contributed by atoms with Gasteiger partial charge in [0, 0.05) is 27.2 Å². The average molecular weight is 443 g/mol. The fourth-order valence-electron chi connectivity index (χ4n) is 2.82. The molecule has 0 spiro atoms. The van der Waals surface area contributed by atoms with E-state index in [1.807, 2.05) is 6.92 Å². The predicted octanol–water partition coefficient (Wildman–Crippen LogP) is 4.88. The Morgan fingerprint density at radius 2 is 1.68 bits per heavy atom. The number of sulfonamides is 1. The van der Waals surface area contributed by atoms with Crippen molar-refractivity contribution in [2.24, 2.45) is 0 Å². The van der Waals surface area contributed by atoms with E-state index in [1.54, 1.807) is 42.5 Å². The number of carbonyl (C=O) groups excluding carboxylic acids is 1. The first-order valence-electron chi connectivity index (χ1n) is 8.95. The summed E-state index contributed by atoms with van der Waals surface area (Å²) >= 11 is 12.4. The molecule has 0 radical (unpaired) electrons. The summed E-state index contributed by atoms with van der Waals surface area (Å²) in [7, 11) is -3.59. The lowest BCUT2D eigenvalue weighted by molar-refractivity contribution is 0.0938. The van der Waals surface area contributed by atoms with Crippen LogP contribution in [0.1, 0.15) is 42.6 Å². The molecular weight excluding hydrogens is 419 g/mol. The van der Waals surface area contributed by atoms with Crippen LogP contribution in [0.2, 0.25) is 10.0 Å². The molecule has 0 aromatic heterocycles. The number of anilines is 1. The molecule has 0 aliphatic carbocycles. The minimum absolute atomic E-state index is 0.00355. The second-order valence-corrected chi connectivity index (χ2v) is 9.40. The SMILES string of the molecule is CCC[C@@H](C)NC(=O)c1ccc(N(Cc2c(Cl)cccc2Cl)S(C)(=O)=O)cc1. The van der Waals surface area contributed by atoms with E-state index in [0.717, 1.165) is 19.1 Å². The Balaban J connectivity index is 2.27. The number of rotatable bonds is 8. The van der Waals surface area contributed by atoms with Crippen LogP contribution in [0, 0.1) is 0 Å². The Morgan fingerprint density at radius 1 is 1.11 bits per heavy atom. The highest BCUT2D eigenvalue weighted by molar-refractivity contribution is 7.92. The highest BCUT2D eigenvalue weighted by atomic mass is 35.5. The number of nitrogens with zero attached hydrogens (tertiary/aromatic N) is 1. The van der Waals surface area contributed by atoms with Crippen LogP contribution in [0.4, 0.5) is 5.69 Å². The molecule has 1 amide bonds. The topological polar surface area (TPSA) is 66.5 Å². The summed E-state index contributed by atoms with van der Waals surface area (Å²) in [6.45, 7) is 4.01. The average Bonchev–Trinajstić information content (AvgIpc) is 2.60. The van der Waals surface area contributed by atoms with Gasteiger partial charge in [-0.25, -0.2) is 8.42 Å². The van der Waals surface area contributed by atoms with Gasteiger partial charge in [-0.3, -0.25) is 9.10 Å². The van der Waals surface area contributed by atoms with Gasteiger partial charge in [-0.1, -0.05) is 42.6 Å². The molecule has 5 nitrogen and oxygen atoms in total. The summed E-state index contributed by atoms with van der Waals surface area (Å²) in [5, 5.41) is 3.71. The summed E-state index contributed by atoms with van der Waals surface area (Å²) in [5.41, 5.74) is 1.42. The zero-order chi connectivity index (χ0) is 20.9. The number of hydrogen-bond donors (Lipinski definition) is 1. The lowest BCUT2D eigenvalue weighted by Gasteiger charge is -2.24. The van der Waals surface area contributed by atoms with Gasteiger partial charge in [0.1, 0.15) is 0 Å². The Hall–Kier alpha value is -1.76. The molecule has 8 heteroatoms. The molecule has 0 unspecified atom stereocenters. The third-order valence-corrected chi connectivity index (χ3v) is 6.13. The molecule has 152 valence electrons. The van der Waals surface area contributed by atoms with Crippen molar-refractivity contribution in [3.05, 3.63) is 63.6 Å². The number of carbonyl (C=O) groups is 1. The first kappa shape index (κ1) is 22.5. The lowest BCUT2D eigenvalue weighted by atomic mass is 10.1. The van der Waals surface area contributed by atoms with E-state index in [-0.39, 0.29) is 18.5 Å². The van der Waals surface area contributed by atoms with Gasteiger partial charge in [-0.2, -0.15) is 0 Å². The molecular formula is C20H24Cl2N2O3S. The standard InChI is InChI=1S/C20H24Cl2N2O3S/c1-4-6-14(2)23-20(25)15-9-11-16(12-10-15)24(28(3,26)27)13-17-18(21)7-5-8-19(17)22/h5,7-12,14H,4,6,13H2,1-3H3,(H,23,25)/t14-/m1/s1. The lowest BCUT2D eigenvalue weighted by Crippen LogP contribution is -2.32. The van der Waals surface area contributed by atoms with Crippen molar-refractivity contribution < 1.29 is 13.2 Å². The molecule has 2 rings (SSSR count). The molecule has 0 heterocycles. The van der Waals surface area contributed by atoms with Crippen molar-refractivity contribution in [2.75, 3.05) is 10.6 Å². The maximum Gasteiger partial charge on any atom is 0.251 e. The van der Waals surface area contributed by atoms with E-state index in [4.69, 9.17) is 23.2 Å². The third-order valence-electron chi connectivity index (χ3n) is 4.28. The first-order chi connectivity index (χ1) is 13.1. The third kappa shape index (κ3) is 5.87. The Morgan fingerprint density at radius 3 is 2.18 bits per heavy atom. The van der Waals surface area contributed by atoms with Crippen LogP contribution in [0.5, 0.6) is 0 Å². The molecule has 1 atom stereocenters. The van der Waals surface area contributed by atoms with Crippen LogP contribution in [0.15, 0.2) is 42.5 Å². The molecule has 2 aromatic carbocycles. The van der Waals surface area contributed by atoms with Crippen molar-refractivity contribution in [2.45, 2.75) is 39.3 Å². The van der Waals surface area contributed by atoms with E-state index < -0.39 is 10.0 Å². The van der Waals surface area contributed by atoms with Crippen LogP contribution >= 0.6 is 23.2 Å². The smallest absolute Gasteiger partial charge is 0.251 e. The van der Waals surface area contributed by atoms with Crippen LogP contribution in [-0.2, 0) is 16.6 Å². The van der Waals surface area contributed by atoms with E-state index in [2.05, 4.69) is 12.2 Å². The molecule has 0 bridgehead atoms. The number of halogens is 2. The fourth-order valence-corrected chi connectivity index (χ4v) is 4.20. The van der Waals surface area contributed by atoms with Crippen LogP contribution in [0.3, 0.4) is 0 Å². The molecule has 0 saturated heterocycles. The summed E-state index contributed by atoms with van der Waals surface area (Å²) in [6, 6.07) is 11.5. The van der Waals surface area contributed by atoms with Crippen LogP contribution in [0.25, 0.3) is 0 Å². The highest BCUT2D eigenvalue weighted by Gasteiger charge is 2.21. The van der Waals surface area contributed by atoms with E-state index >= 15 is 0 Å². The normalized spacial score (nSPS) is 12.5. The number of benzene rings is 2. The fraction of sp³-hybridized carbons (Fsp3) is 0.350. The van der Waals surface area contributed by atoms with Gasteiger partial charge in [0.2, 0.25) is 10.0 Å². The van der Waals surface area contributed by atoms with Crippen molar-refractivity contribution >= 4 is 44.8 Å². The van der Waals surface area contributed by atoms with E-state index in [1.165, 1.54) is 4.31 Å². The van der Waals surface area contributed by atoms with Gasteiger partial charge in [-0.05, 0) is 49.7 Å². The minimum atomic E-state index is -3.59. The highest BCUT2D eigenvalue weighted by Crippen LogP contribution is 2.29. The number of amides is 1. The van der Waals surface area contributed by atoms with E-state index in [9.17, 15) is 13.2 Å². The molecule has 0 fully saturated rings. The monoisotopic (exact) mass is 442 g/mol. The van der Waals surface area contributed by atoms with E-state index in [0.29, 0.717) is 26.9 Å². The Bertz CT molecular complexity index is 911. The largest absolute Gasteiger partial charge is 0.350 e. The van der Waals surface area contributed by atoms with Crippen molar-refractivity contribution in [1.82, 2.24) is 5.32 Å². The zero-order valence-corrected chi connectivity index (χ0v) is 18.4. The summed E-state index contributed by atoms with van der Waals surface area (Å²) < 4.78 is 25.9. The Labute approximate surface area is 176 Å². The van der Waals surface area contributed by atoms with Gasteiger partial charge >= 0.3 is 0 Å². The quantitative estimate of drug-likeness (QED) is 0.633. The van der Waals surface area contributed by atoms with Gasteiger partial charge in [0.25, 0.3) is 5.91 Å². The van der Waals surface area contributed by atoms with Crippen molar-refractivity contribution in [3.63, 3.8) is 0 Å². The molecule has 28 heavy (non-hydrogen) atoms. The van der Waals surface area contributed by atoms with Gasteiger partial charge in [0.15, 0.2) is 0 Å². The summed E-state index contributed by atoms with van der Waals surface area (Å²) in [4.78, 5) is 12.3. The summed E-state index contributed by atoms with van der Waals surface area (Å²) in [5.74, 6) is -0.187. The second-order valence-electron chi connectivity index (χ2n) is 6.68. The molecule has 1 N–H and O–H groups in total. The molecule has 0 saturated carbocycles. The molecule has 2 aromatic rings. The Kier molecular flexibility index (Phi) is 7.75. The first-order valence-corrected chi connectivity index (χ1v) is 11.6. The second kappa shape index (κ2) is 9.63. The van der Waals surface area contributed by atoms with Crippen molar-refractivity contribution in [3.8, 4) is 0 Å². The molecule has 0 aliphatic heterocycles. The van der Waals surface area contributed by atoms with Crippen molar-refractivity contribution in [1.29, 1.82) is 0 Å². The summed E-state index contributed by atoms with van der Waals surface area (Å²) in [6.07, 6.45) is 2.99. The molecule has 0 aliphatic rings. The predicted molar refractivity (Wildman–Crippen MR) is 116 cm³/mol. The van der Waals surface area contributed by atoms with Gasteiger partial charge < -0.3 is 5.32 Å². The minimum Gasteiger partial charge on any atom is -0.350 e. The van der Waals surface area contributed by atoms with Gasteiger partial charge in [-0.15, -0.1) is 0 Å². The van der Waals surface area contributed by atoms with Crippen LogP contribution in [-0.4, -0.2) is 26.6 Å². The van der Waals surface area contributed by atoms with Crippen LogP contribution < -0.4 is 9.62 Å². The maximum atomic E-state index is 12.4. The maximum absolute atomic E-state index is 12.4. The number of nitrogens with one attached hydrogen (secondary N) is 1. The van der Waals surface area contributed by atoms with Gasteiger partial charge in [0.05, 0.1) is 18.5 Å².